The zero-order valence-electron chi connectivity index (χ0n) is 17.4. The molecule has 1 spiro atoms. The van der Waals surface area contributed by atoms with Gasteiger partial charge in [0.25, 0.3) is 5.91 Å². The molecule has 2 amide bonds. The fourth-order valence-corrected chi connectivity index (χ4v) is 4.93. The highest BCUT2D eigenvalue weighted by Crippen LogP contribution is 2.39. The molecule has 7 heteroatoms. The minimum absolute atomic E-state index is 0.0675. The van der Waals surface area contributed by atoms with Crippen LogP contribution in [0.2, 0.25) is 0 Å². The summed E-state index contributed by atoms with van der Waals surface area (Å²) in [5.74, 6) is 0.769. The summed E-state index contributed by atoms with van der Waals surface area (Å²) in [6, 6.07) is 7.70. The van der Waals surface area contributed by atoms with Gasteiger partial charge in [0.1, 0.15) is 17.0 Å². The smallest absolute Gasteiger partial charge is 0.271 e. The summed E-state index contributed by atoms with van der Waals surface area (Å²) in [6.45, 7) is 2.45. The Balaban J connectivity index is 1.67. The van der Waals surface area contributed by atoms with E-state index >= 15 is 0 Å². The van der Waals surface area contributed by atoms with Crippen molar-refractivity contribution in [2.75, 3.05) is 40.5 Å². The highest BCUT2D eigenvalue weighted by atomic mass is 16.5. The van der Waals surface area contributed by atoms with E-state index in [0.29, 0.717) is 25.4 Å². The van der Waals surface area contributed by atoms with E-state index in [9.17, 15) is 9.59 Å². The average molecular weight is 399 g/mol. The standard InChI is InChI=1S/C22H29N3O4/c1-23-18-7-6-17(29-3)14-16(18)15-19(23)20(26)25-11-5-9-22(25)8-4-10-24(21(22)27)12-13-28-2/h6-7,14-15H,4-5,8-13H2,1-3H3. The van der Waals surface area contributed by atoms with E-state index in [4.69, 9.17) is 9.47 Å². The predicted octanol–water partition coefficient (Wildman–Crippen LogP) is 2.43. The number of amides is 2. The topological polar surface area (TPSA) is 64.0 Å². The Kier molecular flexibility index (Phi) is 5.25. The number of methoxy groups -OCH3 is 2. The lowest BCUT2D eigenvalue weighted by Crippen LogP contribution is -2.61. The average Bonchev–Trinajstić information content (AvgIpc) is 3.30. The molecule has 0 aliphatic carbocycles. The lowest BCUT2D eigenvalue weighted by atomic mass is 9.85. The molecule has 2 fully saturated rings. The Morgan fingerprint density at radius 2 is 1.90 bits per heavy atom. The van der Waals surface area contributed by atoms with E-state index in [1.54, 1.807) is 14.2 Å². The molecule has 2 aliphatic heterocycles. The van der Waals surface area contributed by atoms with Crippen LogP contribution in [-0.2, 0) is 16.6 Å². The number of carbonyl (C=O) groups is 2. The second-order valence-electron chi connectivity index (χ2n) is 7.99. The van der Waals surface area contributed by atoms with Crippen LogP contribution in [0.4, 0.5) is 0 Å². The lowest BCUT2D eigenvalue weighted by Gasteiger charge is -2.44. The maximum absolute atomic E-state index is 13.6. The Bertz CT molecular complexity index is 938. The first-order valence-electron chi connectivity index (χ1n) is 10.3. The fraction of sp³-hybridized carbons (Fsp3) is 0.545. The number of aromatic nitrogens is 1. The van der Waals surface area contributed by atoms with Gasteiger partial charge in [0, 0.05) is 44.7 Å². The number of hydrogen-bond donors (Lipinski definition) is 0. The molecule has 4 rings (SSSR count). The molecule has 2 aromatic rings. The van der Waals surface area contributed by atoms with Gasteiger partial charge >= 0.3 is 0 Å². The van der Waals surface area contributed by atoms with Crippen molar-refractivity contribution in [2.24, 2.45) is 7.05 Å². The van der Waals surface area contributed by atoms with Crippen molar-refractivity contribution < 1.29 is 19.1 Å². The number of ether oxygens (including phenoxy) is 2. The van der Waals surface area contributed by atoms with E-state index < -0.39 is 5.54 Å². The highest BCUT2D eigenvalue weighted by molar-refractivity contribution is 6.02. The zero-order chi connectivity index (χ0) is 20.6. The summed E-state index contributed by atoms with van der Waals surface area (Å²) in [4.78, 5) is 30.7. The molecule has 1 atom stereocenters. The van der Waals surface area contributed by atoms with E-state index in [1.807, 2.05) is 45.7 Å². The largest absolute Gasteiger partial charge is 0.497 e. The maximum Gasteiger partial charge on any atom is 0.271 e. The van der Waals surface area contributed by atoms with Crippen LogP contribution >= 0.6 is 0 Å². The first-order chi connectivity index (χ1) is 14.0. The van der Waals surface area contributed by atoms with Crippen LogP contribution in [0.5, 0.6) is 5.75 Å². The third-order valence-corrected chi connectivity index (χ3v) is 6.47. The summed E-state index contributed by atoms with van der Waals surface area (Å²) in [5.41, 5.74) is 0.868. The third kappa shape index (κ3) is 3.17. The molecule has 0 saturated carbocycles. The van der Waals surface area contributed by atoms with Gasteiger partial charge in [0.2, 0.25) is 5.91 Å². The molecule has 2 aliphatic rings. The van der Waals surface area contributed by atoms with E-state index in [-0.39, 0.29) is 11.8 Å². The molecular formula is C22H29N3O4. The van der Waals surface area contributed by atoms with Crippen LogP contribution in [0, 0.1) is 0 Å². The second-order valence-corrected chi connectivity index (χ2v) is 7.99. The van der Waals surface area contributed by atoms with Gasteiger partial charge in [0.15, 0.2) is 0 Å². The van der Waals surface area contributed by atoms with E-state index in [1.165, 1.54) is 0 Å². The first-order valence-corrected chi connectivity index (χ1v) is 10.3. The van der Waals surface area contributed by atoms with Crippen LogP contribution in [0.25, 0.3) is 10.9 Å². The summed E-state index contributed by atoms with van der Waals surface area (Å²) < 4.78 is 12.4. The Morgan fingerprint density at radius 3 is 2.62 bits per heavy atom. The molecule has 156 valence electrons. The van der Waals surface area contributed by atoms with Crippen molar-refractivity contribution >= 4 is 22.7 Å². The van der Waals surface area contributed by atoms with Crippen LogP contribution in [0.1, 0.15) is 36.2 Å². The van der Waals surface area contributed by atoms with Crippen LogP contribution < -0.4 is 4.74 Å². The van der Waals surface area contributed by atoms with Crippen molar-refractivity contribution in [1.29, 1.82) is 0 Å². The molecule has 0 radical (unpaired) electrons. The van der Waals surface area contributed by atoms with E-state index in [2.05, 4.69) is 0 Å². The molecule has 0 bridgehead atoms. The van der Waals surface area contributed by atoms with Crippen molar-refractivity contribution in [3.8, 4) is 5.75 Å². The number of nitrogens with zero attached hydrogens (tertiary/aromatic N) is 3. The van der Waals surface area contributed by atoms with Gasteiger partial charge in [0.05, 0.1) is 13.7 Å². The van der Waals surface area contributed by atoms with Gasteiger partial charge in [-0.05, 0) is 49.9 Å². The Morgan fingerprint density at radius 1 is 1.14 bits per heavy atom. The number of likely N-dealkylation sites (tertiary alicyclic amines) is 2. The first kappa shape index (κ1) is 19.8. The number of benzene rings is 1. The van der Waals surface area contributed by atoms with Crippen molar-refractivity contribution in [2.45, 2.75) is 31.2 Å². The van der Waals surface area contributed by atoms with Crippen molar-refractivity contribution in [3.05, 3.63) is 30.0 Å². The highest BCUT2D eigenvalue weighted by Gasteiger charge is 2.53. The van der Waals surface area contributed by atoms with E-state index in [0.717, 1.165) is 48.9 Å². The van der Waals surface area contributed by atoms with Gasteiger partial charge in [-0.2, -0.15) is 0 Å². The van der Waals surface area contributed by atoms with Gasteiger partial charge in [-0.25, -0.2) is 0 Å². The number of fused-ring (bicyclic) bond motifs is 1. The van der Waals surface area contributed by atoms with Crippen molar-refractivity contribution in [3.63, 3.8) is 0 Å². The van der Waals surface area contributed by atoms with Crippen LogP contribution in [0.3, 0.4) is 0 Å². The number of piperidine rings is 1. The summed E-state index contributed by atoms with van der Waals surface area (Å²) >= 11 is 0. The lowest BCUT2D eigenvalue weighted by molar-refractivity contribution is -0.146. The number of carbonyl (C=O) groups excluding carboxylic acids is 2. The molecule has 29 heavy (non-hydrogen) atoms. The van der Waals surface area contributed by atoms with Crippen LogP contribution in [0.15, 0.2) is 24.3 Å². The number of rotatable bonds is 5. The van der Waals surface area contributed by atoms with Crippen LogP contribution in [-0.4, -0.2) is 72.2 Å². The number of aryl methyl sites for hydroxylation is 1. The van der Waals surface area contributed by atoms with Gasteiger partial charge in [-0.1, -0.05) is 0 Å². The molecule has 3 heterocycles. The molecule has 1 aromatic heterocycles. The molecule has 1 aromatic carbocycles. The molecule has 0 N–H and O–H groups in total. The third-order valence-electron chi connectivity index (χ3n) is 6.47. The number of hydrogen-bond acceptors (Lipinski definition) is 4. The summed E-state index contributed by atoms with van der Waals surface area (Å²) in [7, 11) is 5.18. The SMILES string of the molecule is COCCN1CCCC2(CCCN2C(=O)c2cc3cc(OC)ccc3n2C)C1=O. The van der Waals surface area contributed by atoms with Crippen molar-refractivity contribution in [1.82, 2.24) is 14.4 Å². The molecule has 7 nitrogen and oxygen atoms in total. The molecule has 2 saturated heterocycles. The van der Waals surface area contributed by atoms with Gasteiger partial charge < -0.3 is 23.8 Å². The minimum Gasteiger partial charge on any atom is -0.497 e. The minimum atomic E-state index is -0.711. The zero-order valence-corrected chi connectivity index (χ0v) is 17.4. The Hall–Kier alpha value is -2.54. The summed E-state index contributed by atoms with van der Waals surface area (Å²) in [5, 5.41) is 0.958. The molecular weight excluding hydrogens is 370 g/mol. The second kappa shape index (κ2) is 7.71. The maximum atomic E-state index is 13.6. The fourth-order valence-electron chi connectivity index (χ4n) is 4.93. The predicted molar refractivity (Wildman–Crippen MR) is 110 cm³/mol. The van der Waals surface area contributed by atoms with Gasteiger partial charge in [-0.15, -0.1) is 0 Å². The molecule has 1 unspecified atom stereocenters. The summed E-state index contributed by atoms with van der Waals surface area (Å²) in [6.07, 6.45) is 3.23. The Labute approximate surface area is 171 Å². The normalized spacial score (nSPS) is 22.1. The van der Waals surface area contributed by atoms with Gasteiger partial charge in [-0.3, -0.25) is 9.59 Å². The monoisotopic (exact) mass is 399 g/mol. The quantitative estimate of drug-likeness (QED) is 0.775.